The van der Waals surface area contributed by atoms with Gasteiger partial charge in [0.25, 0.3) is 11.7 Å². The van der Waals surface area contributed by atoms with Gasteiger partial charge in [0.1, 0.15) is 5.82 Å². The molecular weight excluding hydrogens is 257 g/mol. The molecule has 0 N–H and O–H groups in total. The van der Waals surface area contributed by atoms with E-state index < -0.39 is 17.5 Å². The van der Waals surface area contributed by atoms with E-state index in [9.17, 15) is 14.0 Å². The van der Waals surface area contributed by atoms with Crippen LogP contribution in [0.25, 0.3) is 0 Å². The lowest BCUT2D eigenvalue weighted by molar-refractivity contribution is -0.114. The van der Waals surface area contributed by atoms with E-state index >= 15 is 0 Å². The van der Waals surface area contributed by atoms with Crippen LogP contribution >= 0.6 is 11.6 Å². The highest BCUT2D eigenvalue weighted by molar-refractivity contribution is 6.52. The number of fused-ring (bicyclic) bond motifs is 1. The lowest BCUT2D eigenvalue weighted by Crippen LogP contribution is -2.32. The van der Waals surface area contributed by atoms with Crippen molar-refractivity contribution in [1.29, 1.82) is 0 Å². The van der Waals surface area contributed by atoms with Crippen molar-refractivity contribution >= 4 is 29.0 Å². The van der Waals surface area contributed by atoms with Crippen molar-refractivity contribution < 1.29 is 14.0 Å². The summed E-state index contributed by atoms with van der Waals surface area (Å²) in [6.07, 6.45) is 0. The first kappa shape index (κ1) is 12.8. The fourth-order valence-corrected chi connectivity index (χ4v) is 2.11. The number of halogens is 2. The molecule has 0 fully saturated rings. The molecule has 0 saturated heterocycles. The molecular formula is C13H11ClFNO2. The molecule has 0 saturated carbocycles. The van der Waals surface area contributed by atoms with Gasteiger partial charge in [-0.05, 0) is 30.2 Å². The van der Waals surface area contributed by atoms with Crippen LogP contribution in [-0.4, -0.2) is 24.1 Å². The van der Waals surface area contributed by atoms with E-state index in [0.29, 0.717) is 16.8 Å². The molecule has 0 atom stereocenters. The Morgan fingerprint density at radius 2 is 2.11 bits per heavy atom. The minimum Gasteiger partial charge on any atom is -0.300 e. The standard InChI is InChI=1S/C13H11ClFNO2/c1-7(5-14)6-16-11-8(2)3-9(15)4-10(11)12(17)13(16)18/h3-4H,1,5-6H2,2H3. The summed E-state index contributed by atoms with van der Waals surface area (Å²) in [5.74, 6) is -1.67. The number of carbonyl (C=O) groups is 2. The normalized spacial score (nSPS) is 14.1. The molecule has 1 heterocycles. The van der Waals surface area contributed by atoms with Gasteiger partial charge in [0.05, 0.1) is 11.3 Å². The zero-order valence-electron chi connectivity index (χ0n) is 9.80. The van der Waals surface area contributed by atoms with E-state index in [1.54, 1.807) is 6.92 Å². The van der Waals surface area contributed by atoms with Gasteiger partial charge in [-0.2, -0.15) is 0 Å². The highest BCUT2D eigenvalue weighted by Crippen LogP contribution is 2.33. The number of hydrogen-bond acceptors (Lipinski definition) is 2. The summed E-state index contributed by atoms with van der Waals surface area (Å²) in [4.78, 5) is 24.9. The van der Waals surface area contributed by atoms with E-state index in [0.717, 1.165) is 6.07 Å². The summed E-state index contributed by atoms with van der Waals surface area (Å²) in [6, 6.07) is 2.38. The Morgan fingerprint density at radius 3 is 2.72 bits per heavy atom. The number of alkyl halides is 1. The van der Waals surface area contributed by atoms with Crippen molar-refractivity contribution in [3.05, 3.63) is 41.2 Å². The highest BCUT2D eigenvalue weighted by Gasteiger charge is 2.37. The second kappa shape index (κ2) is 4.53. The molecule has 1 aliphatic heterocycles. The van der Waals surface area contributed by atoms with Crippen LogP contribution in [-0.2, 0) is 4.79 Å². The monoisotopic (exact) mass is 267 g/mol. The van der Waals surface area contributed by atoms with Gasteiger partial charge in [0.15, 0.2) is 0 Å². The van der Waals surface area contributed by atoms with Gasteiger partial charge in [-0.1, -0.05) is 6.58 Å². The van der Waals surface area contributed by atoms with E-state index in [1.165, 1.54) is 11.0 Å². The van der Waals surface area contributed by atoms with Gasteiger partial charge >= 0.3 is 0 Å². The first-order chi connectivity index (χ1) is 8.45. The molecule has 5 heteroatoms. The Balaban J connectivity index is 2.51. The highest BCUT2D eigenvalue weighted by atomic mass is 35.5. The van der Waals surface area contributed by atoms with Gasteiger partial charge in [0.2, 0.25) is 0 Å². The maximum Gasteiger partial charge on any atom is 0.299 e. The number of carbonyl (C=O) groups excluding carboxylic acids is 2. The lowest BCUT2D eigenvalue weighted by atomic mass is 10.1. The second-order valence-electron chi connectivity index (χ2n) is 4.22. The third-order valence-electron chi connectivity index (χ3n) is 2.79. The SMILES string of the molecule is C=C(CCl)CN1C(=O)C(=O)c2cc(F)cc(C)c21. The predicted molar refractivity (Wildman–Crippen MR) is 67.7 cm³/mol. The molecule has 1 aliphatic rings. The maximum atomic E-state index is 13.3. The van der Waals surface area contributed by atoms with Crippen LogP contribution in [0.15, 0.2) is 24.3 Å². The van der Waals surface area contributed by atoms with E-state index in [2.05, 4.69) is 6.58 Å². The quantitative estimate of drug-likeness (QED) is 0.479. The molecule has 0 spiro atoms. The van der Waals surface area contributed by atoms with Crippen LogP contribution in [0.5, 0.6) is 0 Å². The zero-order valence-corrected chi connectivity index (χ0v) is 10.6. The van der Waals surface area contributed by atoms with Crippen LogP contribution in [0.3, 0.4) is 0 Å². The van der Waals surface area contributed by atoms with Crippen molar-refractivity contribution in [3.8, 4) is 0 Å². The zero-order chi connectivity index (χ0) is 13.4. The summed E-state index contributed by atoms with van der Waals surface area (Å²) in [5, 5.41) is 0. The largest absolute Gasteiger partial charge is 0.300 e. The lowest BCUT2D eigenvalue weighted by Gasteiger charge is -2.18. The molecule has 0 aromatic heterocycles. The summed E-state index contributed by atoms with van der Waals surface area (Å²) in [6.45, 7) is 5.54. The first-order valence-corrected chi connectivity index (χ1v) is 5.88. The fourth-order valence-electron chi connectivity index (χ4n) is 2.02. The minimum atomic E-state index is -0.685. The number of rotatable bonds is 3. The third kappa shape index (κ3) is 1.93. The molecule has 94 valence electrons. The van der Waals surface area contributed by atoms with Crippen LogP contribution < -0.4 is 4.90 Å². The molecule has 1 amide bonds. The van der Waals surface area contributed by atoms with Gasteiger partial charge in [-0.3, -0.25) is 9.59 Å². The van der Waals surface area contributed by atoms with E-state index in [1.807, 2.05) is 0 Å². The fraction of sp³-hybridized carbons (Fsp3) is 0.231. The Morgan fingerprint density at radius 1 is 1.44 bits per heavy atom. The minimum absolute atomic E-state index is 0.111. The molecule has 1 aromatic carbocycles. The molecule has 0 bridgehead atoms. The first-order valence-electron chi connectivity index (χ1n) is 5.34. The molecule has 3 nitrogen and oxygen atoms in total. The number of ketones is 1. The number of nitrogens with zero attached hydrogens (tertiary/aromatic N) is 1. The Labute approximate surface area is 109 Å². The van der Waals surface area contributed by atoms with Gasteiger partial charge in [-0.25, -0.2) is 4.39 Å². The van der Waals surface area contributed by atoms with Crippen LogP contribution in [0.1, 0.15) is 15.9 Å². The number of amides is 1. The van der Waals surface area contributed by atoms with Crippen LogP contribution in [0.2, 0.25) is 0 Å². The van der Waals surface area contributed by atoms with Crippen molar-refractivity contribution in [2.75, 3.05) is 17.3 Å². The predicted octanol–water partition coefficient (Wildman–Crippen LogP) is 2.46. The number of hydrogen-bond donors (Lipinski definition) is 0. The van der Waals surface area contributed by atoms with Crippen molar-refractivity contribution in [3.63, 3.8) is 0 Å². The summed E-state index contributed by atoms with van der Waals surface area (Å²) in [5.41, 5.74) is 1.73. The molecule has 0 unspecified atom stereocenters. The van der Waals surface area contributed by atoms with Crippen molar-refractivity contribution in [1.82, 2.24) is 0 Å². The molecule has 1 aromatic rings. The molecule has 0 radical (unpaired) electrons. The van der Waals surface area contributed by atoms with Crippen LogP contribution in [0.4, 0.5) is 10.1 Å². The van der Waals surface area contributed by atoms with Crippen molar-refractivity contribution in [2.45, 2.75) is 6.92 Å². The molecule has 0 aliphatic carbocycles. The summed E-state index contributed by atoms with van der Waals surface area (Å²) in [7, 11) is 0. The summed E-state index contributed by atoms with van der Waals surface area (Å²) >= 11 is 5.62. The Hall–Kier alpha value is -1.68. The number of benzene rings is 1. The maximum absolute atomic E-state index is 13.3. The summed E-state index contributed by atoms with van der Waals surface area (Å²) < 4.78 is 13.3. The van der Waals surface area contributed by atoms with E-state index in [4.69, 9.17) is 11.6 Å². The van der Waals surface area contributed by atoms with E-state index in [-0.39, 0.29) is 18.0 Å². The van der Waals surface area contributed by atoms with Crippen LogP contribution in [0, 0.1) is 12.7 Å². The molecule has 18 heavy (non-hydrogen) atoms. The average molecular weight is 268 g/mol. The van der Waals surface area contributed by atoms with Crippen molar-refractivity contribution in [2.24, 2.45) is 0 Å². The van der Waals surface area contributed by atoms with Gasteiger partial charge in [-0.15, -0.1) is 11.6 Å². The topological polar surface area (TPSA) is 37.4 Å². The number of Topliss-reactive ketones (excluding diaryl/α,β-unsaturated/α-hetero) is 1. The number of aryl methyl sites for hydroxylation is 1. The van der Waals surface area contributed by atoms with Gasteiger partial charge in [0, 0.05) is 12.4 Å². The Kier molecular flexibility index (Phi) is 3.22. The number of anilines is 1. The smallest absolute Gasteiger partial charge is 0.299 e. The molecule has 2 rings (SSSR count). The average Bonchev–Trinajstić information content (AvgIpc) is 2.54. The van der Waals surface area contributed by atoms with Gasteiger partial charge < -0.3 is 4.90 Å². The third-order valence-corrected chi connectivity index (χ3v) is 3.17. The second-order valence-corrected chi connectivity index (χ2v) is 4.49. The Bertz CT molecular complexity index is 568.